The molecule has 4 rings (SSSR count). The maximum atomic E-state index is 13.5. The van der Waals surface area contributed by atoms with Crippen molar-refractivity contribution >= 4 is 11.5 Å². The molecule has 0 aliphatic rings. The molecule has 1 atom stereocenters. The van der Waals surface area contributed by atoms with Crippen molar-refractivity contribution in [3.63, 3.8) is 0 Å². The SMILES string of the molecule is C[C@@H](Nc1ccc2ncc(-c3cc(CCO)ncn3)n2n1)c1cc(F)ccc1O. The first kappa shape index (κ1) is 18.8. The fourth-order valence-corrected chi connectivity index (χ4v) is 3.09. The van der Waals surface area contributed by atoms with Crippen molar-refractivity contribution in [2.45, 2.75) is 19.4 Å². The zero-order valence-corrected chi connectivity index (χ0v) is 15.6. The summed E-state index contributed by atoms with van der Waals surface area (Å²) in [5.41, 5.74) is 3.09. The molecule has 0 unspecified atom stereocenters. The van der Waals surface area contributed by atoms with Crippen LogP contribution in [0.1, 0.15) is 24.2 Å². The topological polar surface area (TPSA) is 108 Å². The highest BCUT2D eigenvalue weighted by Crippen LogP contribution is 2.27. The highest BCUT2D eigenvalue weighted by Gasteiger charge is 2.14. The Bertz CT molecular complexity index is 1160. The minimum Gasteiger partial charge on any atom is -0.508 e. The van der Waals surface area contributed by atoms with Gasteiger partial charge in [0.05, 0.1) is 17.9 Å². The monoisotopic (exact) mass is 394 g/mol. The molecule has 3 aromatic heterocycles. The number of hydrogen-bond donors (Lipinski definition) is 3. The summed E-state index contributed by atoms with van der Waals surface area (Å²) < 4.78 is 15.2. The highest BCUT2D eigenvalue weighted by molar-refractivity contribution is 5.60. The van der Waals surface area contributed by atoms with Gasteiger partial charge in [0.25, 0.3) is 0 Å². The molecule has 0 amide bonds. The highest BCUT2D eigenvalue weighted by atomic mass is 19.1. The largest absolute Gasteiger partial charge is 0.508 e. The molecule has 0 fully saturated rings. The molecule has 0 spiro atoms. The summed E-state index contributed by atoms with van der Waals surface area (Å²) in [5, 5.41) is 26.9. The summed E-state index contributed by atoms with van der Waals surface area (Å²) in [5.74, 6) is 0.111. The molecule has 148 valence electrons. The molecular formula is C20H19FN6O2. The van der Waals surface area contributed by atoms with Gasteiger partial charge in [-0.2, -0.15) is 0 Å². The standard InChI is InChI=1S/C20H19FN6O2/c1-12(15-8-13(21)2-3-18(15)29)25-19-4-5-20-22-10-17(27(20)26-19)16-9-14(6-7-28)23-11-24-16/h2-5,8-12,28-29H,6-7H2,1H3,(H,25,26)/t12-/m1/s1. The zero-order valence-electron chi connectivity index (χ0n) is 15.6. The van der Waals surface area contributed by atoms with Crippen LogP contribution in [0.2, 0.25) is 0 Å². The van der Waals surface area contributed by atoms with Crippen molar-refractivity contribution in [3.05, 3.63) is 66.0 Å². The van der Waals surface area contributed by atoms with E-state index in [9.17, 15) is 9.50 Å². The lowest BCUT2D eigenvalue weighted by atomic mass is 10.1. The lowest BCUT2D eigenvalue weighted by Gasteiger charge is -2.16. The van der Waals surface area contributed by atoms with Gasteiger partial charge in [-0.25, -0.2) is 23.9 Å². The number of phenolic OH excluding ortho intramolecular Hbond substituents is 1. The summed E-state index contributed by atoms with van der Waals surface area (Å²) in [4.78, 5) is 12.8. The second-order valence-corrected chi connectivity index (χ2v) is 6.57. The van der Waals surface area contributed by atoms with Gasteiger partial charge in [-0.3, -0.25) is 0 Å². The Kier molecular flexibility index (Phi) is 5.05. The average molecular weight is 394 g/mol. The summed E-state index contributed by atoms with van der Waals surface area (Å²) in [6.07, 6.45) is 3.54. The van der Waals surface area contributed by atoms with E-state index in [0.717, 1.165) is 5.69 Å². The molecule has 0 radical (unpaired) electrons. The fourth-order valence-electron chi connectivity index (χ4n) is 3.09. The third-order valence-corrected chi connectivity index (χ3v) is 4.54. The van der Waals surface area contributed by atoms with E-state index in [0.29, 0.717) is 34.8 Å². The maximum absolute atomic E-state index is 13.5. The van der Waals surface area contributed by atoms with Crippen molar-refractivity contribution < 1.29 is 14.6 Å². The number of aromatic nitrogens is 5. The first-order chi connectivity index (χ1) is 14.0. The van der Waals surface area contributed by atoms with E-state index in [1.54, 1.807) is 35.8 Å². The Morgan fingerprint density at radius 3 is 2.83 bits per heavy atom. The van der Waals surface area contributed by atoms with Gasteiger partial charge in [0.15, 0.2) is 5.65 Å². The van der Waals surface area contributed by atoms with Crippen LogP contribution in [0, 0.1) is 5.82 Å². The number of nitrogens with zero attached hydrogens (tertiary/aromatic N) is 5. The number of aliphatic hydroxyl groups excluding tert-OH is 1. The number of halogens is 1. The van der Waals surface area contributed by atoms with E-state index >= 15 is 0 Å². The minimum absolute atomic E-state index is 0.000732. The van der Waals surface area contributed by atoms with Gasteiger partial charge in [0.1, 0.15) is 29.4 Å². The molecule has 3 heterocycles. The predicted molar refractivity (Wildman–Crippen MR) is 105 cm³/mol. The molecule has 0 bridgehead atoms. The van der Waals surface area contributed by atoms with Gasteiger partial charge in [0, 0.05) is 24.3 Å². The normalized spacial score (nSPS) is 12.2. The summed E-state index contributed by atoms with van der Waals surface area (Å²) in [7, 11) is 0. The molecule has 0 saturated heterocycles. The molecule has 4 aromatic rings. The van der Waals surface area contributed by atoms with Crippen LogP contribution in [0.5, 0.6) is 5.75 Å². The molecule has 1 aromatic carbocycles. The summed E-state index contributed by atoms with van der Waals surface area (Å²) in [6, 6.07) is 8.79. The van der Waals surface area contributed by atoms with Crippen molar-refractivity contribution in [3.8, 4) is 17.1 Å². The number of rotatable bonds is 6. The Morgan fingerprint density at radius 1 is 1.14 bits per heavy atom. The van der Waals surface area contributed by atoms with E-state index in [-0.39, 0.29) is 18.4 Å². The Labute approximate surface area is 165 Å². The van der Waals surface area contributed by atoms with Gasteiger partial charge < -0.3 is 15.5 Å². The smallest absolute Gasteiger partial charge is 0.154 e. The van der Waals surface area contributed by atoms with Crippen LogP contribution in [0.25, 0.3) is 17.0 Å². The van der Waals surface area contributed by atoms with Gasteiger partial charge in [-0.15, -0.1) is 5.10 Å². The third-order valence-electron chi connectivity index (χ3n) is 4.54. The van der Waals surface area contributed by atoms with Crippen molar-refractivity contribution in [2.75, 3.05) is 11.9 Å². The van der Waals surface area contributed by atoms with Crippen LogP contribution in [0.15, 0.2) is 48.9 Å². The van der Waals surface area contributed by atoms with Gasteiger partial charge in [0.2, 0.25) is 0 Å². The zero-order chi connectivity index (χ0) is 20.4. The molecule has 0 aliphatic carbocycles. The van der Waals surface area contributed by atoms with Crippen LogP contribution < -0.4 is 5.32 Å². The van der Waals surface area contributed by atoms with Crippen LogP contribution in [-0.4, -0.2) is 41.4 Å². The van der Waals surface area contributed by atoms with Crippen LogP contribution >= 0.6 is 0 Å². The van der Waals surface area contributed by atoms with Crippen LogP contribution in [0.4, 0.5) is 10.2 Å². The first-order valence-electron chi connectivity index (χ1n) is 9.07. The van der Waals surface area contributed by atoms with E-state index in [4.69, 9.17) is 5.11 Å². The molecule has 8 nitrogen and oxygen atoms in total. The number of aromatic hydroxyl groups is 1. The number of phenols is 1. The number of fused-ring (bicyclic) bond motifs is 1. The van der Waals surface area contributed by atoms with Crippen LogP contribution in [0.3, 0.4) is 0 Å². The second-order valence-electron chi connectivity index (χ2n) is 6.57. The lowest BCUT2D eigenvalue weighted by Crippen LogP contribution is -2.10. The number of hydrogen-bond acceptors (Lipinski definition) is 7. The lowest BCUT2D eigenvalue weighted by molar-refractivity contribution is 0.298. The molecule has 0 aliphatic heterocycles. The summed E-state index contributed by atoms with van der Waals surface area (Å²) >= 11 is 0. The number of imidazole rings is 1. The quantitative estimate of drug-likeness (QED) is 0.461. The van der Waals surface area contributed by atoms with Gasteiger partial charge in [-0.05, 0) is 43.3 Å². The number of benzene rings is 1. The Balaban J connectivity index is 1.67. The minimum atomic E-state index is -0.422. The van der Waals surface area contributed by atoms with Crippen molar-refractivity contribution in [2.24, 2.45) is 0 Å². The molecule has 3 N–H and O–H groups in total. The van der Waals surface area contributed by atoms with Gasteiger partial charge in [-0.1, -0.05) is 0 Å². The Hall–Kier alpha value is -3.59. The molecule has 9 heteroatoms. The van der Waals surface area contributed by atoms with Crippen molar-refractivity contribution in [1.29, 1.82) is 0 Å². The number of nitrogens with one attached hydrogen (secondary N) is 1. The van der Waals surface area contributed by atoms with E-state index in [1.165, 1.54) is 24.5 Å². The number of anilines is 1. The van der Waals surface area contributed by atoms with Crippen LogP contribution in [-0.2, 0) is 6.42 Å². The predicted octanol–water partition coefficient (Wildman–Crippen LogP) is 2.74. The Morgan fingerprint density at radius 2 is 2.00 bits per heavy atom. The average Bonchev–Trinajstić information content (AvgIpc) is 3.13. The number of aliphatic hydroxyl groups is 1. The first-order valence-corrected chi connectivity index (χ1v) is 9.07. The molecule has 29 heavy (non-hydrogen) atoms. The molecule has 0 saturated carbocycles. The summed E-state index contributed by atoms with van der Waals surface area (Å²) in [6.45, 7) is 1.81. The fraction of sp³-hybridized carbons (Fsp3) is 0.200. The molecular weight excluding hydrogens is 375 g/mol. The van der Waals surface area contributed by atoms with E-state index < -0.39 is 5.82 Å². The van der Waals surface area contributed by atoms with E-state index in [2.05, 4.69) is 25.4 Å². The maximum Gasteiger partial charge on any atom is 0.154 e. The van der Waals surface area contributed by atoms with E-state index in [1.807, 2.05) is 0 Å². The van der Waals surface area contributed by atoms with Gasteiger partial charge >= 0.3 is 0 Å². The third kappa shape index (κ3) is 3.85. The second kappa shape index (κ2) is 7.80. The van der Waals surface area contributed by atoms with Crippen molar-refractivity contribution in [1.82, 2.24) is 24.6 Å².